The summed E-state index contributed by atoms with van der Waals surface area (Å²) in [5.41, 5.74) is 1.67. The van der Waals surface area contributed by atoms with Gasteiger partial charge in [0.1, 0.15) is 6.61 Å². The van der Waals surface area contributed by atoms with Gasteiger partial charge in [0.2, 0.25) is 0 Å². The molecule has 0 bridgehead atoms. The lowest BCUT2D eigenvalue weighted by Crippen LogP contribution is -1.91. The van der Waals surface area contributed by atoms with Crippen LogP contribution in [0.5, 0.6) is 0 Å². The van der Waals surface area contributed by atoms with E-state index in [9.17, 15) is 0 Å². The van der Waals surface area contributed by atoms with Gasteiger partial charge in [-0.2, -0.15) is 5.26 Å². The lowest BCUT2D eigenvalue weighted by Gasteiger charge is -2.00. The molecule has 0 aromatic heterocycles. The average Bonchev–Trinajstić information content (AvgIpc) is 2.25. The van der Waals surface area contributed by atoms with Gasteiger partial charge < -0.3 is 4.84 Å². The molecule has 3 heteroatoms. The van der Waals surface area contributed by atoms with Crippen LogP contribution in [0.25, 0.3) is 0 Å². The molecular formula is C12H14N2O. The van der Waals surface area contributed by atoms with Crippen molar-refractivity contribution in [3.63, 3.8) is 0 Å². The molecule has 0 saturated heterocycles. The van der Waals surface area contributed by atoms with Crippen LogP contribution in [0.1, 0.15) is 25.0 Å². The van der Waals surface area contributed by atoms with Gasteiger partial charge in [-0.05, 0) is 23.6 Å². The maximum Gasteiger partial charge on any atom is 0.142 e. The normalized spacial score (nSPS) is 10.5. The average molecular weight is 202 g/mol. The Morgan fingerprint density at radius 3 is 2.60 bits per heavy atom. The van der Waals surface area contributed by atoms with Crippen molar-refractivity contribution in [1.29, 1.82) is 5.26 Å². The van der Waals surface area contributed by atoms with E-state index in [1.54, 1.807) is 18.3 Å². The van der Waals surface area contributed by atoms with E-state index in [2.05, 4.69) is 11.2 Å². The Bertz CT molecular complexity index is 360. The Kier molecular flexibility index (Phi) is 4.36. The number of hydrogen-bond donors (Lipinski definition) is 0. The largest absolute Gasteiger partial charge is 0.391 e. The van der Waals surface area contributed by atoms with Gasteiger partial charge in [0.05, 0.1) is 11.6 Å². The Hall–Kier alpha value is -1.82. The van der Waals surface area contributed by atoms with Crippen molar-refractivity contribution in [1.82, 2.24) is 0 Å². The summed E-state index contributed by atoms with van der Waals surface area (Å²) in [5, 5.41) is 12.4. The highest BCUT2D eigenvalue weighted by Gasteiger charge is 1.93. The molecule has 1 rings (SSSR count). The summed E-state index contributed by atoms with van der Waals surface area (Å²) in [5.74, 6) is 0.394. The molecule has 0 heterocycles. The first-order chi connectivity index (χ1) is 7.22. The smallest absolute Gasteiger partial charge is 0.142 e. The number of nitrogens with zero attached hydrogens (tertiary/aromatic N) is 2. The van der Waals surface area contributed by atoms with Crippen LogP contribution >= 0.6 is 0 Å². The van der Waals surface area contributed by atoms with Gasteiger partial charge in [-0.1, -0.05) is 31.1 Å². The molecule has 1 aromatic carbocycles. The van der Waals surface area contributed by atoms with Gasteiger partial charge in [0, 0.05) is 6.21 Å². The molecule has 0 aliphatic carbocycles. The fourth-order valence-corrected chi connectivity index (χ4v) is 0.952. The van der Waals surface area contributed by atoms with E-state index in [0.717, 1.165) is 5.56 Å². The fourth-order valence-electron chi connectivity index (χ4n) is 0.952. The molecule has 15 heavy (non-hydrogen) atoms. The Morgan fingerprint density at radius 1 is 1.40 bits per heavy atom. The summed E-state index contributed by atoms with van der Waals surface area (Å²) < 4.78 is 0. The highest BCUT2D eigenvalue weighted by atomic mass is 16.6. The third kappa shape index (κ3) is 4.28. The summed E-state index contributed by atoms with van der Waals surface area (Å²) in [6, 6.07) is 9.33. The molecule has 0 radical (unpaired) electrons. The topological polar surface area (TPSA) is 45.4 Å². The summed E-state index contributed by atoms with van der Waals surface area (Å²) in [6.45, 7) is 4.51. The fraction of sp³-hybridized carbons (Fsp3) is 0.333. The molecule has 0 spiro atoms. The molecule has 0 atom stereocenters. The molecule has 1 aromatic rings. The first kappa shape index (κ1) is 11.3. The van der Waals surface area contributed by atoms with Crippen molar-refractivity contribution in [2.24, 2.45) is 11.1 Å². The van der Waals surface area contributed by atoms with Crippen LogP contribution in [0.15, 0.2) is 29.4 Å². The highest BCUT2D eigenvalue weighted by molar-refractivity contribution is 5.58. The highest BCUT2D eigenvalue weighted by Crippen LogP contribution is 2.04. The minimum Gasteiger partial charge on any atom is -0.391 e. The third-order valence-electron chi connectivity index (χ3n) is 1.75. The van der Waals surface area contributed by atoms with Crippen LogP contribution in [0, 0.1) is 17.2 Å². The zero-order chi connectivity index (χ0) is 11.1. The van der Waals surface area contributed by atoms with Crippen molar-refractivity contribution in [2.45, 2.75) is 20.5 Å². The lowest BCUT2D eigenvalue weighted by molar-refractivity contribution is 0.131. The van der Waals surface area contributed by atoms with Gasteiger partial charge in [0.25, 0.3) is 0 Å². The van der Waals surface area contributed by atoms with E-state index >= 15 is 0 Å². The predicted octanol–water partition coefficient (Wildman–Crippen LogP) is 2.72. The van der Waals surface area contributed by atoms with Gasteiger partial charge in [0.15, 0.2) is 0 Å². The molecule has 0 saturated carbocycles. The Balaban J connectivity index is 2.42. The maximum absolute atomic E-state index is 8.60. The second kappa shape index (κ2) is 5.82. The van der Waals surface area contributed by atoms with Crippen molar-refractivity contribution in [3.05, 3.63) is 35.4 Å². The monoisotopic (exact) mass is 202 g/mol. The van der Waals surface area contributed by atoms with Gasteiger partial charge in [-0.25, -0.2) is 0 Å². The molecule has 0 unspecified atom stereocenters. The van der Waals surface area contributed by atoms with Gasteiger partial charge in [-0.3, -0.25) is 0 Å². The first-order valence-electron chi connectivity index (χ1n) is 4.87. The van der Waals surface area contributed by atoms with Crippen LogP contribution in [0.2, 0.25) is 0 Å². The first-order valence-corrected chi connectivity index (χ1v) is 4.87. The maximum atomic E-state index is 8.60. The third-order valence-corrected chi connectivity index (χ3v) is 1.75. The summed E-state index contributed by atoms with van der Waals surface area (Å²) in [7, 11) is 0. The number of rotatable bonds is 4. The second-order valence-electron chi connectivity index (χ2n) is 3.58. The number of nitriles is 1. The van der Waals surface area contributed by atoms with E-state index in [0.29, 0.717) is 18.1 Å². The van der Waals surface area contributed by atoms with E-state index in [-0.39, 0.29) is 0 Å². The number of benzene rings is 1. The quantitative estimate of drug-likeness (QED) is 0.556. The minimum atomic E-state index is 0.394. The Morgan fingerprint density at radius 2 is 2.07 bits per heavy atom. The van der Waals surface area contributed by atoms with Crippen LogP contribution in [0.3, 0.4) is 0 Å². The molecule has 0 amide bonds. The van der Waals surface area contributed by atoms with Crippen molar-refractivity contribution in [2.75, 3.05) is 0 Å². The predicted molar refractivity (Wildman–Crippen MR) is 59.3 cm³/mol. The van der Waals surface area contributed by atoms with Gasteiger partial charge >= 0.3 is 0 Å². The van der Waals surface area contributed by atoms with Gasteiger partial charge in [-0.15, -0.1) is 0 Å². The van der Waals surface area contributed by atoms with E-state index in [1.165, 1.54) is 0 Å². The SMILES string of the molecule is CC(C)C=NOCc1ccc(C#N)cc1. The van der Waals surface area contributed by atoms with Crippen LogP contribution in [-0.4, -0.2) is 6.21 Å². The lowest BCUT2D eigenvalue weighted by atomic mass is 10.2. The zero-order valence-electron chi connectivity index (χ0n) is 8.97. The number of hydrogen-bond acceptors (Lipinski definition) is 3. The molecule has 0 aliphatic heterocycles. The molecular weight excluding hydrogens is 188 g/mol. The van der Waals surface area contributed by atoms with E-state index in [1.807, 2.05) is 26.0 Å². The van der Waals surface area contributed by atoms with Crippen molar-refractivity contribution >= 4 is 6.21 Å². The number of oxime groups is 1. The summed E-state index contributed by atoms with van der Waals surface area (Å²) in [6.07, 6.45) is 1.75. The van der Waals surface area contributed by atoms with Crippen LogP contribution in [0.4, 0.5) is 0 Å². The molecule has 0 aliphatic rings. The Labute approximate surface area is 90.0 Å². The van der Waals surface area contributed by atoms with Crippen LogP contribution in [-0.2, 0) is 11.4 Å². The standard InChI is InChI=1S/C12H14N2O/c1-10(2)8-14-15-9-12-5-3-11(7-13)4-6-12/h3-6,8,10H,9H2,1-2H3. The van der Waals surface area contributed by atoms with Crippen LogP contribution < -0.4 is 0 Å². The van der Waals surface area contributed by atoms with E-state index in [4.69, 9.17) is 10.1 Å². The molecule has 3 nitrogen and oxygen atoms in total. The molecule has 0 fully saturated rings. The zero-order valence-corrected chi connectivity index (χ0v) is 8.97. The second-order valence-corrected chi connectivity index (χ2v) is 3.58. The summed E-state index contributed by atoms with van der Waals surface area (Å²) >= 11 is 0. The van der Waals surface area contributed by atoms with Crippen molar-refractivity contribution < 1.29 is 4.84 Å². The van der Waals surface area contributed by atoms with E-state index < -0.39 is 0 Å². The molecule has 78 valence electrons. The molecule has 0 N–H and O–H groups in total. The minimum absolute atomic E-state index is 0.394. The summed E-state index contributed by atoms with van der Waals surface area (Å²) in [4.78, 5) is 5.09. The van der Waals surface area contributed by atoms with Crippen molar-refractivity contribution in [3.8, 4) is 6.07 Å².